The number of aliphatic imine (C=N–C) groups is 1. The minimum Gasteiger partial charge on any atom is -0.459 e. The Labute approximate surface area is 120 Å². The van der Waals surface area contributed by atoms with Crippen LogP contribution in [-0.2, 0) is 11.3 Å². The summed E-state index contributed by atoms with van der Waals surface area (Å²) in [4.78, 5) is 9.04. The van der Waals surface area contributed by atoms with Gasteiger partial charge in [-0.2, -0.15) is 0 Å². The number of ether oxygens (including phenoxy) is 1. The van der Waals surface area contributed by atoms with Crippen LogP contribution in [0.5, 0.6) is 0 Å². The molecule has 1 unspecified atom stereocenters. The minimum atomic E-state index is 0.149. The molecule has 2 heterocycles. The van der Waals surface area contributed by atoms with E-state index in [-0.39, 0.29) is 6.10 Å². The maximum atomic E-state index is 5.54. The fraction of sp³-hybridized carbons (Fsp3) is 0.533. The smallest absolute Gasteiger partial charge is 0.282 e. The van der Waals surface area contributed by atoms with Gasteiger partial charge in [0, 0.05) is 39.3 Å². The van der Waals surface area contributed by atoms with Crippen LogP contribution in [0.4, 0.5) is 0 Å². The number of benzene rings is 1. The van der Waals surface area contributed by atoms with Crippen LogP contribution >= 0.6 is 0 Å². The van der Waals surface area contributed by atoms with Crippen molar-refractivity contribution < 1.29 is 4.74 Å². The van der Waals surface area contributed by atoms with Gasteiger partial charge >= 0.3 is 0 Å². The van der Waals surface area contributed by atoms with Crippen LogP contribution in [0.15, 0.2) is 35.3 Å². The van der Waals surface area contributed by atoms with Crippen molar-refractivity contribution in [3.8, 4) is 0 Å². The third kappa shape index (κ3) is 3.49. The number of nitrogens with two attached hydrogens (primary N) is 1. The first kappa shape index (κ1) is 13.4. The zero-order valence-electron chi connectivity index (χ0n) is 11.7. The number of rotatable bonds is 4. The summed E-state index contributed by atoms with van der Waals surface area (Å²) < 4.78 is 5.46. The van der Waals surface area contributed by atoms with E-state index in [1.54, 1.807) is 0 Å². The van der Waals surface area contributed by atoms with Gasteiger partial charge in [0.1, 0.15) is 6.10 Å². The molecule has 0 bridgehead atoms. The zero-order valence-corrected chi connectivity index (χ0v) is 11.7. The summed E-state index contributed by atoms with van der Waals surface area (Å²) in [5.41, 5.74) is 6.93. The van der Waals surface area contributed by atoms with E-state index in [2.05, 4.69) is 45.1 Å². The highest BCUT2D eigenvalue weighted by Gasteiger charge is 2.23. The van der Waals surface area contributed by atoms with Crippen LogP contribution in [0.3, 0.4) is 0 Å². The van der Waals surface area contributed by atoms with E-state index in [1.807, 2.05) is 0 Å². The summed E-state index contributed by atoms with van der Waals surface area (Å²) in [6.45, 7) is 7.08. The van der Waals surface area contributed by atoms with Gasteiger partial charge < -0.3 is 10.5 Å². The lowest BCUT2D eigenvalue weighted by Gasteiger charge is -2.35. The molecule has 20 heavy (non-hydrogen) atoms. The summed E-state index contributed by atoms with van der Waals surface area (Å²) >= 11 is 0. The first-order valence-corrected chi connectivity index (χ1v) is 7.25. The van der Waals surface area contributed by atoms with Crippen molar-refractivity contribution in [3.63, 3.8) is 0 Å². The van der Waals surface area contributed by atoms with Gasteiger partial charge in [0.05, 0.1) is 6.54 Å². The number of amidine groups is 1. The molecular formula is C15H22N4O. The van der Waals surface area contributed by atoms with Crippen LogP contribution in [0.25, 0.3) is 0 Å². The van der Waals surface area contributed by atoms with Gasteiger partial charge in [-0.3, -0.25) is 9.80 Å². The van der Waals surface area contributed by atoms with Crippen molar-refractivity contribution in [2.75, 3.05) is 39.3 Å². The van der Waals surface area contributed by atoms with Crippen molar-refractivity contribution in [1.82, 2.24) is 9.80 Å². The Hall–Kier alpha value is -1.59. The van der Waals surface area contributed by atoms with Gasteiger partial charge in [0.2, 0.25) is 0 Å². The van der Waals surface area contributed by atoms with Crippen LogP contribution in [-0.4, -0.2) is 61.2 Å². The third-order valence-corrected chi connectivity index (χ3v) is 3.91. The van der Waals surface area contributed by atoms with Gasteiger partial charge in [-0.15, -0.1) is 0 Å². The van der Waals surface area contributed by atoms with Gasteiger partial charge in [-0.1, -0.05) is 30.3 Å². The predicted molar refractivity (Wildman–Crippen MR) is 79.5 cm³/mol. The number of piperazine rings is 1. The van der Waals surface area contributed by atoms with Gasteiger partial charge in [-0.25, -0.2) is 4.99 Å². The highest BCUT2D eigenvalue weighted by atomic mass is 16.5. The quantitative estimate of drug-likeness (QED) is 0.869. The highest BCUT2D eigenvalue weighted by Crippen LogP contribution is 2.10. The van der Waals surface area contributed by atoms with Crippen molar-refractivity contribution in [3.05, 3.63) is 35.9 Å². The molecule has 0 saturated carbocycles. The molecule has 1 aromatic rings. The Morgan fingerprint density at radius 3 is 2.45 bits per heavy atom. The van der Waals surface area contributed by atoms with Gasteiger partial charge in [0.25, 0.3) is 6.02 Å². The first-order chi connectivity index (χ1) is 9.79. The van der Waals surface area contributed by atoms with Crippen LogP contribution < -0.4 is 5.73 Å². The van der Waals surface area contributed by atoms with E-state index >= 15 is 0 Å². The maximum absolute atomic E-state index is 5.54. The summed E-state index contributed by atoms with van der Waals surface area (Å²) in [7, 11) is 0. The Bertz CT molecular complexity index is 454. The molecule has 2 N–H and O–H groups in total. The average molecular weight is 274 g/mol. The molecule has 1 fully saturated rings. The molecule has 1 atom stereocenters. The summed E-state index contributed by atoms with van der Waals surface area (Å²) in [5, 5.41) is 0. The SMILES string of the molecule is NC1=NCC(CN2CCN(Cc3ccccc3)CC2)O1. The second-order valence-corrected chi connectivity index (χ2v) is 5.48. The molecule has 3 rings (SSSR count). The lowest BCUT2D eigenvalue weighted by atomic mass is 10.2. The van der Waals surface area contributed by atoms with Crippen LogP contribution in [0.2, 0.25) is 0 Å². The molecule has 0 aromatic heterocycles. The molecule has 0 radical (unpaired) electrons. The molecule has 2 aliphatic heterocycles. The topological polar surface area (TPSA) is 54.1 Å². The summed E-state index contributed by atoms with van der Waals surface area (Å²) in [6, 6.07) is 11.0. The number of hydrogen-bond acceptors (Lipinski definition) is 5. The Morgan fingerprint density at radius 2 is 1.80 bits per heavy atom. The summed E-state index contributed by atoms with van der Waals surface area (Å²) in [6.07, 6.45) is 0.149. The van der Waals surface area contributed by atoms with E-state index in [9.17, 15) is 0 Å². The lowest BCUT2D eigenvalue weighted by Crippen LogP contribution is -2.48. The molecular weight excluding hydrogens is 252 g/mol. The average Bonchev–Trinajstić information content (AvgIpc) is 2.88. The fourth-order valence-corrected chi connectivity index (χ4v) is 2.79. The predicted octanol–water partition coefficient (Wildman–Crippen LogP) is 0.518. The minimum absolute atomic E-state index is 0.149. The van der Waals surface area contributed by atoms with Crippen molar-refractivity contribution >= 4 is 6.02 Å². The monoisotopic (exact) mass is 274 g/mol. The molecule has 0 amide bonds. The maximum Gasteiger partial charge on any atom is 0.282 e. The molecule has 5 heteroatoms. The standard InChI is InChI=1S/C15H22N4O/c16-15-17-10-14(20-15)12-19-8-6-18(7-9-19)11-13-4-2-1-3-5-13/h1-5,14H,6-12H2,(H2,16,17). The Morgan fingerprint density at radius 1 is 1.10 bits per heavy atom. The molecule has 0 spiro atoms. The van der Waals surface area contributed by atoms with Crippen molar-refractivity contribution in [2.24, 2.45) is 10.7 Å². The van der Waals surface area contributed by atoms with Crippen molar-refractivity contribution in [1.29, 1.82) is 0 Å². The largest absolute Gasteiger partial charge is 0.459 e. The zero-order chi connectivity index (χ0) is 13.8. The Balaban J connectivity index is 1.41. The third-order valence-electron chi connectivity index (χ3n) is 3.91. The van der Waals surface area contributed by atoms with E-state index in [0.717, 1.165) is 39.3 Å². The fourth-order valence-electron chi connectivity index (χ4n) is 2.79. The summed E-state index contributed by atoms with van der Waals surface area (Å²) in [5.74, 6) is 0. The first-order valence-electron chi connectivity index (χ1n) is 7.25. The number of nitrogens with zero attached hydrogens (tertiary/aromatic N) is 3. The van der Waals surface area contributed by atoms with Gasteiger partial charge in [0.15, 0.2) is 0 Å². The second-order valence-electron chi connectivity index (χ2n) is 5.48. The van der Waals surface area contributed by atoms with E-state index in [1.165, 1.54) is 5.56 Å². The molecule has 0 aliphatic carbocycles. The molecule has 5 nitrogen and oxygen atoms in total. The normalized spacial score (nSPS) is 24.4. The van der Waals surface area contributed by atoms with E-state index < -0.39 is 0 Å². The van der Waals surface area contributed by atoms with Crippen LogP contribution in [0, 0.1) is 0 Å². The lowest BCUT2D eigenvalue weighted by molar-refractivity contribution is 0.0864. The number of hydrogen-bond donors (Lipinski definition) is 1. The van der Waals surface area contributed by atoms with Crippen LogP contribution in [0.1, 0.15) is 5.56 Å². The van der Waals surface area contributed by atoms with E-state index in [4.69, 9.17) is 10.5 Å². The molecule has 1 aromatic carbocycles. The highest BCUT2D eigenvalue weighted by molar-refractivity contribution is 5.73. The second kappa shape index (κ2) is 6.24. The Kier molecular flexibility index (Phi) is 4.18. The molecule has 108 valence electrons. The van der Waals surface area contributed by atoms with Gasteiger partial charge in [-0.05, 0) is 5.56 Å². The van der Waals surface area contributed by atoms with E-state index in [0.29, 0.717) is 12.6 Å². The molecule has 1 saturated heterocycles. The van der Waals surface area contributed by atoms with Crippen molar-refractivity contribution in [2.45, 2.75) is 12.6 Å². The molecule has 2 aliphatic rings.